The van der Waals surface area contributed by atoms with E-state index in [1.807, 2.05) is 6.92 Å². The molecule has 0 saturated heterocycles. The summed E-state index contributed by atoms with van der Waals surface area (Å²) < 4.78 is 0. The van der Waals surface area contributed by atoms with E-state index < -0.39 is 0 Å². The Kier molecular flexibility index (Phi) is 5.07. The summed E-state index contributed by atoms with van der Waals surface area (Å²) in [6.45, 7) is 8.22. The van der Waals surface area contributed by atoms with Crippen molar-refractivity contribution in [2.24, 2.45) is 0 Å². The predicted octanol–water partition coefficient (Wildman–Crippen LogP) is 6.84. The fraction of sp³-hybridized carbons (Fsp3) is 0.179. The minimum atomic E-state index is -0.0490. The summed E-state index contributed by atoms with van der Waals surface area (Å²) in [6, 6.07) is 25.4. The molecule has 144 valence electrons. The second-order valence-electron chi connectivity index (χ2n) is 8.09. The number of Topliss-reactive ketones (excluding diaryl/α,β-unsaturated/α-hetero) is 1. The van der Waals surface area contributed by atoms with Crippen molar-refractivity contribution in [3.63, 3.8) is 0 Å². The molecule has 0 aliphatic heterocycles. The second kappa shape index (κ2) is 7.67. The Morgan fingerprint density at radius 2 is 1.14 bits per heavy atom. The molecule has 1 aliphatic carbocycles. The first kappa shape index (κ1) is 19.1. The van der Waals surface area contributed by atoms with E-state index in [0.29, 0.717) is 0 Å². The fourth-order valence-corrected chi connectivity index (χ4v) is 4.05. The van der Waals surface area contributed by atoms with Crippen LogP contribution >= 0.6 is 0 Å². The SMILES string of the molecule is CC1=C(c2ccc(C)cc2)C(c2ccc(C)cc2)/C(=C\c2ccc(C)cc2)C1=O. The Morgan fingerprint density at radius 1 is 0.655 bits per heavy atom. The molecule has 0 amide bonds. The minimum absolute atomic E-state index is 0.0490. The fourth-order valence-electron chi connectivity index (χ4n) is 4.05. The van der Waals surface area contributed by atoms with Crippen LogP contribution in [0.1, 0.15) is 46.2 Å². The molecule has 3 aromatic rings. The van der Waals surface area contributed by atoms with Gasteiger partial charge in [-0.05, 0) is 56.0 Å². The third kappa shape index (κ3) is 3.73. The standard InChI is InChI=1S/C28H26O/c1-18-5-11-22(12-6-18)17-25-27(24-15-9-20(3)10-16-24)26(21(4)28(25)29)23-13-7-19(2)8-14-23/h5-17,27H,1-4H3/b25-17+. The van der Waals surface area contributed by atoms with Gasteiger partial charge in [0.2, 0.25) is 0 Å². The number of hydrogen-bond acceptors (Lipinski definition) is 1. The largest absolute Gasteiger partial charge is 0.289 e. The molecule has 1 nitrogen and oxygen atoms in total. The summed E-state index contributed by atoms with van der Waals surface area (Å²) in [7, 11) is 0. The van der Waals surface area contributed by atoms with E-state index in [0.717, 1.165) is 33.4 Å². The number of aryl methyl sites for hydroxylation is 3. The Morgan fingerprint density at radius 3 is 1.69 bits per heavy atom. The lowest BCUT2D eigenvalue weighted by Crippen LogP contribution is -2.05. The van der Waals surface area contributed by atoms with E-state index in [4.69, 9.17) is 0 Å². The van der Waals surface area contributed by atoms with Crippen molar-refractivity contribution in [3.05, 3.63) is 117 Å². The normalized spacial score (nSPS) is 18.0. The van der Waals surface area contributed by atoms with Crippen molar-refractivity contribution >= 4 is 17.4 Å². The first-order valence-electron chi connectivity index (χ1n) is 10.1. The quantitative estimate of drug-likeness (QED) is 0.456. The molecule has 0 heterocycles. The third-order valence-electron chi connectivity index (χ3n) is 5.78. The molecular weight excluding hydrogens is 352 g/mol. The van der Waals surface area contributed by atoms with Gasteiger partial charge < -0.3 is 0 Å². The monoisotopic (exact) mass is 378 g/mol. The van der Waals surface area contributed by atoms with Gasteiger partial charge in [0.15, 0.2) is 5.78 Å². The summed E-state index contributed by atoms with van der Waals surface area (Å²) in [5, 5.41) is 0. The van der Waals surface area contributed by atoms with Gasteiger partial charge in [0.1, 0.15) is 0 Å². The zero-order valence-electron chi connectivity index (χ0n) is 17.5. The summed E-state index contributed by atoms with van der Waals surface area (Å²) in [5.74, 6) is 0.0961. The van der Waals surface area contributed by atoms with Gasteiger partial charge in [-0.15, -0.1) is 0 Å². The molecule has 0 spiro atoms. The van der Waals surface area contributed by atoms with Gasteiger partial charge in [-0.3, -0.25) is 4.79 Å². The van der Waals surface area contributed by atoms with Crippen LogP contribution in [0.25, 0.3) is 11.6 Å². The zero-order valence-corrected chi connectivity index (χ0v) is 17.5. The Hall–Kier alpha value is -3.19. The van der Waals surface area contributed by atoms with Gasteiger partial charge in [0, 0.05) is 17.1 Å². The van der Waals surface area contributed by atoms with Crippen LogP contribution in [0.4, 0.5) is 0 Å². The highest BCUT2D eigenvalue weighted by Crippen LogP contribution is 2.47. The van der Waals surface area contributed by atoms with E-state index in [-0.39, 0.29) is 11.7 Å². The number of hydrogen-bond donors (Lipinski definition) is 0. The van der Waals surface area contributed by atoms with Gasteiger partial charge in [-0.2, -0.15) is 0 Å². The lowest BCUT2D eigenvalue weighted by atomic mass is 9.84. The Balaban J connectivity index is 1.89. The topological polar surface area (TPSA) is 17.1 Å². The minimum Gasteiger partial charge on any atom is -0.289 e. The number of carbonyl (C=O) groups is 1. The van der Waals surface area contributed by atoms with Crippen LogP contribution in [-0.2, 0) is 4.79 Å². The van der Waals surface area contributed by atoms with Crippen LogP contribution in [0.5, 0.6) is 0 Å². The van der Waals surface area contributed by atoms with E-state index in [1.54, 1.807) is 0 Å². The molecule has 0 saturated carbocycles. The average Bonchev–Trinajstić information content (AvgIpc) is 2.96. The molecular formula is C28H26O. The molecule has 29 heavy (non-hydrogen) atoms. The Labute approximate surface area is 173 Å². The lowest BCUT2D eigenvalue weighted by Gasteiger charge is -2.18. The number of rotatable bonds is 3. The molecule has 0 N–H and O–H groups in total. The smallest absolute Gasteiger partial charge is 0.186 e. The molecule has 0 aromatic heterocycles. The maximum Gasteiger partial charge on any atom is 0.186 e. The molecule has 0 radical (unpaired) electrons. The van der Waals surface area contributed by atoms with Crippen molar-refractivity contribution in [2.75, 3.05) is 0 Å². The average molecular weight is 379 g/mol. The summed E-state index contributed by atoms with van der Waals surface area (Å²) >= 11 is 0. The van der Waals surface area contributed by atoms with Crippen LogP contribution in [0.15, 0.2) is 83.9 Å². The second-order valence-corrected chi connectivity index (χ2v) is 8.09. The third-order valence-corrected chi connectivity index (χ3v) is 5.78. The molecule has 3 aromatic carbocycles. The van der Waals surface area contributed by atoms with Crippen LogP contribution < -0.4 is 0 Å². The van der Waals surface area contributed by atoms with Gasteiger partial charge in [0.05, 0.1) is 0 Å². The van der Waals surface area contributed by atoms with Crippen molar-refractivity contribution < 1.29 is 4.79 Å². The van der Waals surface area contributed by atoms with Crippen molar-refractivity contribution in [2.45, 2.75) is 33.6 Å². The van der Waals surface area contributed by atoms with E-state index in [9.17, 15) is 4.79 Å². The van der Waals surface area contributed by atoms with Gasteiger partial charge in [-0.1, -0.05) is 89.5 Å². The Bertz CT molecular complexity index is 1110. The van der Waals surface area contributed by atoms with Gasteiger partial charge in [-0.25, -0.2) is 0 Å². The van der Waals surface area contributed by atoms with Gasteiger partial charge in [0.25, 0.3) is 0 Å². The maximum atomic E-state index is 13.4. The molecule has 1 aliphatic rings. The molecule has 1 unspecified atom stereocenters. The highest BCUT2D eigenvalue weighted by Gasteiger charge is 2.36. The van der Waals surface area contributed by atoms with Crippen molar-refractivity contribution in [1.82, 2.24) is 0 Å². The zero-order chi connectivity index (χ0) is 20.5. The summed E-state index contributed by atoms with van der Waals surface area (Å²) in [6.07, 6.45) is 2.07. The molecule has 0 bridgehead atoms. The van der Waals surface area contributed by atoms with E-state index >= 15 is 0 Å². The van der Waals surface area contributed by atoms with E-state index in [1.165, 1.54) is 16.7 Å². The number of carbonyl (C=O) groups excluding carboxylic acids is 1. The van der Waals surface area contributed by atoms with Crippen LogP contribution in [0.2, 0.25) is 0 Å². The molecule has 1 atom stereocenters. The summed E-state index contributed by atoms with van der Waals surface area (Å²) in [5.41, 5.74) is 9.83. The van der Waals surface area contributed by atoms with E-state index in [2.05, 4.69) is 99.6 Å². The van der Waals surface area contributed by atoms with Gasteiger partial charge >= 0.3 is 0 Å². The highest BCUT2D eigenvalue weighted by atomic mass is 16.1. The number of allylic oxidation sites excluding steroid dienone is 3. The van der Waals surface area contributed by atoms with Crippen LogP contribution in [0, 0.1) is 20.8 Å². The maximum absolute atomic E-state index is 13.4. The van der Waals surface area contributed by atoms with Crippen LogP contribution in [0.3, 0.4) is 0 Å². The van der Waals surface area contributed by atoms with Crippen molar-refractivity contribution in [3.8, 4) is 0 Å². The summed E-state index contributed by atoms with van der Waals surface area (Å²) in [4.78, 5) is 13.4. The molecule has 4 rings (SSSR count). The molecule has 1 heteroatoms. The highest BCUT2D eigenvalue weighted by molar-refractivity contribution is 6.22. The molecule has 0 fully saturated rings. The first-order chi connectivity index (χ1) is 13.9. The number of ketones is 1. The van der Waals surface area contributed by atoms with Crippen molar-refractivity contribution in [1.29, 1.82) is 0 Å². The predicted molar refractivity (Wildman–Crippen MR) is 122 cm³/mol. The lowest BCUT2D eigenvalue weighted by molar-refractivity contribution is -0.111. The number of benzene rings is 3. The first-order valence-corrected chi connectivity index (χ1v) is 10.1. The van der Waals surface area contributed by atoms with Crippen LogP contribution in [-0.4, -0.2) is 5.78 Å².